The molecule has 0 spiro atoms. The summed E-state index contributed by atoms with van der Waals surface area (Å²) in [6, 6.07) is 5.33. The third-order valence-electron chi connectivity index (χ3n) is 3.58. The lowest BCUT2D eigenvalue weighted by molar-refractivity contribution is -0.116. The maximum Gasteiger partial charge on any atom is 0.254 e. The minimum atomic E-state index is -0.401. The summed E-state index contributed by atoms with van der Waals surface area (Å²) in [4.78, 5) is 25.7. The lowest BCUT2D eigenvalue weighted by Gasteiger charge is -2.30. The van der Waals surface area contributed by atoms with E-state index in [-0.39, 0.29) is 18.2 Å². The number of Topliss-reactive ketones (excluding diaryl/α,β-unsaturated/α-hetero) is 1. The Kier molecular flexibility index (Phi) is 3.35. The van der Waals surface area contributed by atoms with Crippen LogP contribution >= 0.6 is 0 Å². The number of hydrogen-bond donors (Lipinski definition) is 0. The molecule has 1 heterocycles. The molecule has 1 aliphatic heterocycles. The van der Waals surface area contributed by atoms with E-state index in [4.69, 9.17) is 4.74 Å². The van der Waals surface area contributed by atoms with E-state index < -0.39 is 5.54 Å². The van der Waals surface area contributed by atoms with Crippen LogP contribution in [0, 0.1) is 6.92 Å². The highest BCUT2D eigenvalue weighted by atomic mass is 16.5. The fourth-order valence-corrected chi connectivity index (χ4v) is 2.54. The van der Waals surface area contributed by atoms with Crippen molar-refractivity contribution in [2.45, 2.75) is 32.7 Å². The molecular formula is C15H19NO3. The minimum Gasteiger partial charge on any atom is -0.496 e. The van der Waals surface area contributed by atoms with Crippen molar-refractivity contribution in [3.63, 3.8) is 0 Å². The molecule has 1 saturated heterocycles. The zero-order chi connectivity index (χ0) is 14.2. The zero-order valence-corrected chi connectivity index (χ0v) is 11.8. The summed E-state index contributed by atoms with van der Waals surface area (Å²) in [5, 5.41) is 0. The number of likely N-dealkylation sites (tertiary alicyclic amines) is 1. The molecule has 0 aliphatic carbocycles. The molecule has 0 aromatic heterocycles. The zero-order valence-electron chi connectivity index (χ0n) is 11.8. The molecule has 1 amide bonds. The number of rotatable bonds is 2. The third kappa shape index (κ3) is 2.48. The molecular weight excluding hydrogens is 242 g/mol. The molecule has 0 bridgehead atoms. The van der Waals surface area contributed by atoms with Crippen molar-refractivity contribution in [3.8, 4) is 5.75 Å². The molecule has 1 aromatic rings. The van der Waals surface area contributed by atoms with Crippen molar-refractivity contribution >= 4 is 11.7 Å². The van der Waals surface area contributed by atoms with Crippen LogP contribution in [0.1, 0.15) is 36.2 Å². The lowest BCUT2D eigenvalue weighted by Crippen LogP contribution is -2.42. The summed E-state index contributed by atoms with van der Waals surface area (Å²) in [5.41, 5.74) is 1.11. The van der Waals surface area contributed by atoms with E-state index in [0.29, 0.717) is 12.0 Å². The maximum absolute atomic E-state index is 12.5. The molecule has 0 radical (unpaired) electrons. The predicted molar refractivity (Wildman–Crippen MR) is 72.5 cm³/mol. The maximum atomic E-state index is 12.5. The van der Waals surface area contributed by atoms with Crippen molar-refractivity contribution in [1.82, 2.24) is 4.90 Å². The number of ketones is 1. The van der Waals surface area contributed by atoms with Gasteiger partial charge in [0.25, 0.3) is 5.91 Å². The van der Waals surface area contributed by atoms with Gasteiger partial charge in [0.15, 0.2) is 5.78 Å². The van der Waals surface area contributed by atoms with Gasteiger partial charge < -0.3 is 9.64 Å². The van der Waals surface area contributed by atoms with Gasteiger partial charge in [0.1, 0.15) is 5.75 Å². The average Bonchev–Trinajstić information content (AvgIpc) is 2.61. The van der Waals surface area contributed by atoms with E-state index in [1.54, 1.807) is 30.2 Å². The van der Waals surface area contributed by atoms with Gasteiger partial charge in [-0.15, -0.1) is 0 Å². The van der Waals surface area contributed by atoms with E-state index in [1.165, 1.54) is 0 Å². The Bertz CT molecular complexity index is 534. The highest BCUT2D eigenvalue weighted by molar-refractivity contribution is 5.99. The molecule has 0 atom stereocenters. The smallest absolute Gasteiger partial charge is 0.254 e. The molecule has 0 unspecified atom stereocenters. The number of methoxy groups -OCH3 is 1. The molecule has 2 rings (SSSR count). The Morgan fingerprint density at radius 1 is 1.37 bits per heavy atom. The number of carbonyl (C=O) groups is 2. The highest BCUT2D eigenvalue weighted by Crippen LogP contribution is 2.29. The quantitative estimate of drug-likeness (QED) is 0.820. The van der Waals surface area contributed by atoms with Crippen molar-refractivity contribution in [3.05, 3.63) is 29.3 Å². The van der Waals surface area contributed by atoms with Gasteiger partial charge in [0, 0.05) is 17.5 Å². The largest absolute Gasteiger partial charge is 0.496 e. The first-order valence-corrected chi connectivity index (χ1v) is 6.33. The Labute approximate surface area is 113 Å². The van der Waals surface area contributed by atoms with Gasteiger partial charge in [-0.1, -0.05) is 0 Å². The van der Waals surface area contributed by atoms with Gasteiger partial charge in [-0.05, 0) is 44.5 Å². The van der Waals surface area contributed by atoms with Gasteiger partial charge in [-0.3, -0.25) is 9.59 Å². The fraction of sp³-hybridized carbons (Fsp3) is 0.467. The summed E-state index contributed by atoms with van der Waals surface area (Å²) in [6.45, 7) is 5.95. The molecule has 4 heteroatoms. The first kappa shape index (κ1) is 13.6. The predicted octanol–water partition coefficient (Wildman–Crippen LogP) is 2.20. The van der Waals surface area contributed by atoms with Crippen LogP contribution in [0.3, 0.4) is 0 Å². The van der Waals surface area contributed by atoms with Crippen molar-refractivity contribution in [2.75, 3.05) is 13.7 Å². The van der Waals surface area contributed by atoms with Crippen molar-refractivity contribution in [2.24, 2.45) is 0 Å². The van der Waals surface area contributed by atoms with Crippen LogP contribution < -0.4 is 4.74 Å². The van der Waals surface area contributed by atoms with Gasteiger partial charge in [-0.25, -0.2) is 0 Å². The Morgan fingerprint density at radius 2 is 2.05 bits per heavy atom. The number of ether oxygens (including phenoxy) is 1. The SMILES string of the molecule is COc1ccc(C(=O)N2CC(=O)CC2(C)C)cc1C. The van der Waals surface area contributed by atoms with Crippen LogP contribution in [0.5, 0.6) is 5.75 Å². The lowest BCUT2D eigenvalue weighted by atomic mass is 10.0. The monoisotopic (exact) mass is 261 g/mol. The Balaban J connectivity index is 2.30. The molecule has 1 aliphatic rings. The summed E-state index contributed by atoms with van der Waals surface area (Å²) in [6.07, 6.45) is 0.424. The number of nitrogens with zero attached hydrogens (tertiary/aromatic N) is 1. The van der Waals surface area contributed by atoms with Crippen molar-refractivity contribution in [1.29, 1.82) is 0 Å². The molecule has 1 fully saturated rings. The standard InChI is InChI=1S/C15H19NO3/c1-10-7-11(5-6-13(10)19-4)14(18)16-9-12(17)8-15(16,2)3/h5-7H,8-9H2,1-4H3. The summed E-state index contributed by atoms with van der Waals surface area (Å²) < 4.78 is 5.18. The number of aryl methyl sites for hydroxylation is 1. The first-order chi connectivity index (χ1) is 8.85. The van der Waals surface area contributed by atoms with E-state index in [9.17, 15) is 9.59 Å². The average molecular weight is 261 g/mol. The van der Waals surface area contributed by atoms with E-state index in [0.717, 1.165) is 11.3 Å². The van der Waals surface area contributed by atoms with E-state index in [2.05, 4.69) is 0 Å². The van der Waals surface area contributed by atoms with E-state index >= 15 is 0 Å². The number of amides is 1. The number of benzene rings is 1. The molecule has 1 aromatic carbocycles. The third-order valence-corrected chi connectivity index (χ3v) is 3.58. The highest BCUT2D eigenvalue weighted by Gasteiger charge is 2.40. The minimum absolute atomic E-state index is 0.0957. The molecule has 0 saturated carbocycles. The summed E-state index contributed by atoms with van der Waals surface area (Å²) >= 11 is 0. The summed E-state index contributed by atoms with van der Waals surface area (Å²) in [7, 11) is 1.60. The first-order valence-electron chi connectivity index (χ1n) is 6.33. The second-order valence-corrected chi connectivity index (χ2v) is 5.60. The van der Waals surface area contributed by atoms with Gasteiger partial charge in [0.05, 0.1) is 13.7 Å². The van der Waals surface area contributed by atoms with Crippen molar-refractivity contribution < 1.29 is 14.3 Å². The number of hydrogen-bond acceptors (Lipinski definition) is 3. The van der Waals surface area contributed by atoms with Gasteiger partial charge >= 0.3 is 0 Å². The Hall–Kier alpha value is -1.84. The van der Waals surface area contributed by atoms with Crippen LogP contribution in [-0.2, 0) is 4.79 Å². The molecule has 4 nitrogen and oxygen atoms in total. The topological polar surface area (TPSA) is 46.6 Å². The van der Waals surface area contributed by atoms with Gasteiger partial charge in [0.2, 0.25) is 0 Å². The van der Waals surface area contributed by atoms with Crippen LogP contribution in [-0.4, -0.2) is 35.8 Å². The molecule has 19 heavy (non-hydrogen) atoms. The van der Waals surface area contributed by atoms with Gasteiger partial charge in [-0.2, -0.15) is 0 Å². The van der Waals surface area contributed by atoms with Crippen LogP contribution in [0.25, 0.3) is 0 Å². The second-order valence-electron chi connectivity index (χ2n) is 5.60. The normalized spacial score (nSPS) is 17.7. The van der Waals surface area contributed by atoms with Crippen LogP contribution in [0.2, 0.25) is 0 Å². The van der Waals surface area contributed by atoms with Crippen LogP contribution in [0.15, 0.2) is 18.2 Å². The van der Waals surface area contributed by atoms with E-state index in [1.807, 2.05) is 20.8 Å². The molecule has 102 valence electrons. The second kappa shape index (κ2) is 4.68. The van der Waals surface area contributed by atoms with Crippen LogP contribution in [0.4, 0.5) is 0 Å². The molecule has 0 N–H and O–H groups in total. The summed E-state index contributed by atoms with van der Waals surface area (Å²) in [5.74, 6) is 0.776. The Morgan fingerprint density at radius 3 is 2.53 bits per heavy atom. The fourth-order valence-electron chi connectivity index (χ4n) is 2.54. The number of carbonyl (C=O) groups excluding carboxylic acids is 2.